The lowest BCUT2D eigenvalue weighted by Gasteiger charge is -2.51. The standard InChI is InChI=1S/C28H38N4O4/c1-30-12-4-5-18(14-30)20-15-31(16-20)23-6-2-3-7-25(23)36-21-8-9-22-19(13-21)17-32(28(22)35)24-10-11-26(33)29-27(24)34/h8-9,13,18,20,23-25H,2-7,10-12,14-17H2,1H3,(H,29,33,34)/t18?,23-,24?,25+/m1/s1. The quantitative estimate of drug-likeness (QED) is 0.633. The molecule has 1 N–H and O–H groups in total. The fraction of sp³-hybridized carbons (Fsp3) is 0.679. The normalized spacial score (nSPS) is 32.2. The third-order valence-electron chi connectivity index (χ3n) is 9.18. The van der Waals surface area contributed by atoms with Crippen LogP contribution in [0.15, 0.2) is 18.2 Å². The number of carbonyl (C=O) groups is 3. The molecule has 1 aromatic rings. The number of hydrogen-bond donors (Lipinski definition) is 1. The maximum Gasteiger partial charge on any atom is 0.255 e. The predicted molar refractivity (Wildman–Crippen MR) is 134 cm³/mol. The van der Waals surface area contributed by atoms with E-state index in [-0.39, 0.29) is 30.2 Å². The summed E-state index contributed by atoms with van der Waals surface area (Å²) in [5, 5.41) is 2.37. The molecule has 5 aliphatic rings. The van der Waals surface area contributed by atoms with Gasteiger partial charge in [0.25, 0.3) is 5.91 Å². The summed E-state index contributed by atoms with van der Waals surface area (Å²) in [6.07, 6.45) is 8.23. The van der Waals surface area contributed by atoms with E-state index in [9.17, 15) is 14.4 Å². The number of rotatable bonds is 5. The summed E-state index contributed by atoms with van der Waals surface area (Å²) < 4.78 is 6.60. The molecule has 0 aromatic heterocycles. The van der Waals surface area contributed by atoms with Gasteiger partial charge in [0.2, 0.25) is 11.8 Å². The van der Waals surface area contributed by atoms with Crippen LogP contribution >= 0.6 is 0 Å². The van der Waals surface area contributed by atoms with E-state index in [1.54, 1.807) is 4.90 Å². The lowest BCUT2D eigenvalue weighted by atomic mass is 9.78. The molecule has 3 amide bonds. The van der Waals surface area contributed by atoms with E-state index in [4.69, 9.17) is 4.74 Å². The van der Waals surface area contributed by atoms with Crippen LogP contribution in [0.5, 0.6) is 5.75 Å². The van der Waals surface area contributed by atoms with E-state index in [0.717, 1.165) is 29.6 Å². The Morgan fingerprint density at radius 2 is 1.78 bits per heavy atom. The minimum absolute atomic E-state index is 0.137. The molecule has 8 nitrogen and oxygen atoms in total. The molecule has 194 valence electrons. The van der Waals surface area contributed by atoms with Crippen LogP contribution in [0.4, 0.5) is 0 Å². The average molecular weight is 495 g/mol. The SMILES string of the molecule is CN1CCCC(C2CN([C@@H]3CCCC[C@@H]3Oc3ccc4c(c3)CN(C3CCC(=O)NC3=O)C4=O)C2)C1. The van der Waals surface area contributed by atoms with Crippen LogP contribution in [0.1, 0.15) is 67.3 Å². The number of nitrogens with one attached hydrogen (secondary N) is 1. The zero-order chi connectivity index (χ0) is 24.8. The first-order valence-corrected chi connectivity index (χ1v) is 13.8. The topological polar surface area (TPSA) is 82.2 Å². The maximum absolute atomic E-state index is 13.0. The summed E-state index contributed by atoms with van der Waals surface area (Å²) in [6.45, 7) is 5.26. The van der Waals surface area contributed by atoms with Crippen molar-refractivity contribution >= 4 is 17.7 Å². The highest BCUT2D eigenvalue weighted by Crippen LogP contribution is 2.37. The summed E-state index contributed by atoms with van der Waals surface area (Å²) in [4.78, 5) is 43.6. The van der Waals surface area contributed by atoms with E-state index >= 15 is 0 Å². The second-order valence-electron chi connectivity index (χ2n) is 11.6. The molecule has 0 spiro atoms. The van der Waals surface area contributed by atoms with Gasteiger partial charge in [-0.15, -0.1) is 0 Å². The Morgan fingerprint density at radius 3 is 2.58 bits per heavy atom. The van der Waals surface area contributed by atoms with Crippen LogP contribution in [-0.4, -0.2) is 83.8 Å². The minimum Gasteiger partial charge on any atom is -0.489 e. The first-order valence-electron chi connectivity index (χ1n) is 13.8. The van der Waals surface area contributed by atoms with E-state index in [0.29, 0.717) is 24.6 Å². The number of likely N-dealkylation sites (tertiary alicyclic amines) is 2. The maximum atomic E-state index is 13.0. The van der Waals surface area contributed by atoms with Crippen molar-refractivity contribution < 1.29 is 19.1 Å². The van der Waals surface area contributed by atoms with Gasteiger partial charge < -0.3 is 14.5 Å². The molecule has 4 atom stereocenters. The smallest absolute Gasteiger partial charge is 0.255 e. The first-order chi connectivity index (χ1) is 17.5. The van der Waals surface area contributed by atoms with Crippen molar-refractivity contribution in [2.45, 2.75) is 76.1 Å². The summed E-state index contributed by atoms with van der Waals surface area (Å²) in [5.74, 6) is 1.69. The first kappa shape index (κ1) is 23.9. The second kappa shape index (κ2) is 9.78. The Morgan fingerprint density at radius 1 is 0.944 bits per heavy atom. The molecule has 2 unspecified atom stereocenters. The molecular formula is C28H38N4O4. The Balaban J connectivity index is 1.09. The van der Waals surface area contributed by atoms with Crippen LogP contribution in [0.3, 0.4) is 0 Å². The van der Waals surface area contributed by atoms with Crippen LogP contribution < -0.4 is 10.1 Å². The molecule has 1 saturated carbocycles. The van der Waals surface area contributed by atoms with Gasteiger partial charge in [-0.3, -0.25) is 24.6 Å². The van der Waals surface area contributed by atoms with Gasteiger partial charge in [0.1, 0.15) is 17.9 Å². The highest BCUT2D eigenvalue weighted by molar-refractivity contribution is 6.05. The van der Waals surface area contributed by atoms with Gasteiger partial charge in [-0.25, -0.2) is 0 Å². The molecule has 6 rings (SSSR count). The Labute approximate surface area is 213 Å². The zero-order valence-corrected chi connectivity index (χ0v) is 21.3. The minimum atomic E-state index is -0.585. The summed E-state index contributed by atoms with van der Waals surface area (Å²) in [5.41, 5.74) is 1.54. The van der Waals surface area contributed by atoms with E-state index in [1.165, 1.54) is 58.3 Å². The fourth-order valence-corrected chi connectivity index (χ4v) is 7.14. The van der Waals surface area contributed by atoms with E-state index < -0.39 is 6.04 Å². The number of fused-ring (bicyclic) bond motifs is 1. The second-order valence-corrected chi connectivity index (χ2v) is 11.6. The van der Waals surface area contributed by atoms with Gasteiger partial charge >= 0.3 is 0 Å². The monoisotopic (exact) mass is 494 g/mol. The zero-order valence-electron chi connectivity index (χ0n) is 21.3. The molecule has 8 heteroatoms. The Bertz CT molecular complexity index is 1040. The summed E-state index contributed by atoms with van der Waals surface area (Å²) >= 11 is 0. The molecule has 3 saturated heterocycles. The molecule has 4 aliphatic heterocycles. The van der Waals surface area contributed by atoms with Crippen molar-refractivity contribution in [2.75, 3.05) is 33.2 Å². The molecule has 0 bridgehead atoms. The third-order valence-corrected chi connectivity index (χ3v) is 9.18. The Kier molecular flexibility index (Phi) is 6.50. The largest absolute Gasteiger partial charge is 0.489 e. The fourth-order valence-electron chi connectivity index (χ4n) is 7.14. The predicted octanol–water partition coefficient (Wildman–Crippen LogP) is 2.41. The molecule has 1 aliphatic carbocycles. The van der Waals surface area contributed by atoms with Crippen molar-refractivity contribution in [3.05, 3.63) is 29.3 Å². The van der Waals surface area contributed by atoms with Crippen LogP contribution in [0, 0.1) is 11.8 Å². The highest BCUT2D eigenvalue weighted by Gasteiger charge is 2.43. The van der Waals surface area contributed by atoms with E-state index in [2.05, 4.69) is 22.2 Å². The van der Waals surface area contributed by atoms with Crippen LogP contribution in [-0.2, 0) is 16.1 Å². The molecule has 0 radical (unpaired) electrons. The van der Waals surface area contributed by atoms with Gasteiger partial charge in [-0.05, 0) is 87.7 Å². The van der Waals surface area contributed by atoms with Crippen LogP contribution in [0.25, 0.3) is 0 Å². The van der Waals surface area contributed by atoms with Crippen molar-refractivity contribution in [1.82, 2.24) is 20.0 Å². The number of piperidine rings is 2. The molecule has 4 heterocycles. The van der Waals surface area contributed by atoms with Gasteiger partial charge in [-0.2, -0.15) is 0 Å². The van der Waals surface area contributed by atoms with Gasteiger partial charge in [0, 0.05) is 44.2 Å². The summed E-state index contributed by atoms with van der Waals surface area (Å²) in [6, 6.07) is 5.62. The van der Waals surface area contributed by atoms with Gasteiger partial charge in [0.05, 0.1) is 0 Å². The van der Waals surface area contributed by atoms with Crippen molar-refractivity contribution in [3.8, 4) is 5.75 Å². The third kappa shape index (κ3) is 4.54. The number of nitrogens with zero attached hydrogens (tertiary/aromatic N) is 3. The van der Waals surface area contributed by atoms with Crippen molar-refractivity contribution in [2.24, 2.45) is 11.8 Å². The number of imide groups is 1. The molecule has 1 aromatic carbocycles. The van der Waals surface area contributed by atoms with E-state index in [1.807, 2.05) is 18.2 Å². The van der Waals surface area contributed by atoms with Gasteiger partial charge in [-0.1, -0.05) is 6.42 Å². The van der Waals surface area contributed by atoms with Crippen LogP contribution in [0.2, 0.25) is 0 Å². The molecule has 36 heavy (non-hydrogen) atoms. The average Bonchev–Trinajstić information content (AvgIpc) is 3.15. The summed E-state index contributed by atoms with van der Waals surface area (Å²) in [7, 11) is 2.25. The number of carbonyl (C=O) groups excluding carboxylic acids is 3. The van der Waals surface area contributed by atoms with Gasteiger partial charge in [0.15, 0.2) is 0 Å². The molecule has 4 fully saturated rings. The van der Waals surface area contributed by atoms with Crippen molar-refractivity contribution in [3.63, 3.8) is 0 Å². The number of amides is 3. The number of ether oxygens (including phenoxy) is 1. The highest BCUT2D eigenvalue weighted by atomic mass is 16.5. The molecular weight excluding hydrogens is 456 g/mol. The van der Waals surface area contributed by atoms with Crippen molar-refractivity contribution in [1.29, 1.82) is 0 Å². The number of hydrogen-bond acceptors (Lipinski definition) is 6. The number of benzene rings is 1. The lowest BCUT2D eigenvalue weighted by molar-refractivity contribution is -0.136. The Hall–Kier alpha value is -2.45. The lowest BCUT2D eigenvalue weighted by Crippen LogP contribution is -2.60.